The van der Waals surface area contributed by atoms with Gasteiger partial charge in [0.15, 0.2) is 0 Å². The van der Waals surface area contributed by atoms with Crippen LogP contribution in [0, 0.1) is 0 Å². The van der Waals surface area contributed by atoms with Crippen molar-refractivity contribution in [3.8, 4) is 0 Å². The van der Waals surface area contributed by atoms with Crippen LogP contribution in [-0.4, -0.2) is 17.8 Å². The van der Waals surface area contributed by atoms with Crippen LogP contribution in [0.3, 0.4) is 0 Å². The van der Waals surface area contributed by atoms with Gasteiger partial charge in [0, 0.05) is 15.6 Å². The molecule has 0 bridgehead atoms. The van der Waals surface area contributed by atoms with E-state index in [0.29, 0.717) is 6.10 Å². The molecule has 0 aromatic heterocycles. The van der Waals surface area contributed by atoms with Crippen molar-refractivity contribution in [2.45, 2.75) is 44.3 Å². The molecular weight excluding hydrogens is 360 g/mol. The Hall–Kier alpha value is 0.1000. The zero-order valence-corrected chi connectivity index (χ0v) is 13.4. The van der Waals surface area contributed by atoms with Gasteiger partial charge in [0.05, 0.1) is 12.2 Å². The summed E-state index contributed by atoms with van der Waals surface area (Å²) in [4.78, 5) is 0. The maximum Gasteiger partial charge on any atom is 0.0790 e. The van der Waals surface area contributed by atoms with Crippen LogP contribution in [0.1, 0.15) is 43.8 Å². The van der Waals surface area contributed by atoms with Crippen LogP contribution < -0.4 is 0 Å². The van der Waals surface area contributed by atoms with Gasteiger partial charge in [-0.05, 0) is 81.7 Å². The van der Waals surface area contributed by atoms with E-state index in [1.54, 1.807) is 0 Å². The first-order chi connectivity index (χ1) is 8.66. The topological polar surface area (TPSA) is 29.5 Å². The predicted molar refractivity (Wildman–Crippen MR) is 79.6 cm³/mol. The number of benzene rings is 1. The number of rotatable bonds is 5. The molecule has 2 rings (SSSR count). The van der Waals surface area contributed by atoms with Gasteiger partial charge in [0.2, 0.25) is 0 Å². The first kappa shape index (κ1) is 14.5. The highest BCUT2D eigenvalue weighted by Crippen LogP contribution is 2.29. The molecule has 4 heteroatoms. The summed E-state index contributed by atoms with van der Waals surface area (Å²) >= 11 is 6.89. The number of hydrogen-bond acceptors (Lipinski definition) is 2. The van der Waals surface area contributed by atoms with Gasteiger partial charge in [-0.25, -0.2) is 0 Å². The maximum atomic E-state index is 10.1. The fraction of sp³-hybridized carbons (Fsp3) is 0.571. The Balaban J connectivity index is 1.79. The summed E-state index contributed by atoms with van der Waals surface area (Å²) < 4.78 is 7.58. The molecule has 0 spiro atoms. The molecule has 0 amide bonds. The molecule has 1 fully saturated rings. The molecule has 2 atom stereocenters. The monoisotopic (exact) mass is 376 g/mol. The summed E-state index contributed by atoms with van der Waals surface area (Å²) in [6, 6.07) is 5.90. The average molecular weight is 378 g/mol. The number of aliphatic hydroxyl groups excluding tert-OH is 1. The molecule has 1 N–H and O–H groups in total. The molecule has 1 aliphatic rings. The molecule has 100 valence electrons. The predicted octanol–water partition coefficient (Wildman–Crippen LogP) is 4.59. The first-order valence-electron chi connectivity index (χ1n) is 6.41. The largest absolute Gasteiger partial charge is 0.388 e. The molecule has 1 saturated heterocycles. The van der Waals surface area contributed by atoms with Crippen LogP contribution in [-0.2, 0) is 4.74 Å². The normalized spacial score (nSPS) is 21.2. The fourth-order valence-corrected chi connectivity index (χ4v) is 2.94. The molecule has 1 aliphatic heterocycles. The van der Waals surface area contributed by atoms with Crippen LogP contribution in [0.25, 0.3) is 0 Å². The Bertz CT molecular complexity index is 389. The Morgan fingerprint density at radius 3 is 2.83 bits per heavy atom. The number of hydrogen-bond donors (Lipinski definition) is 1. The highest BCUT2D eigenvalue weighted by molar-refractivity contribution is 9.13. The molecule has 2 unspecified atom stereocenters. The van der Waals surface area contributed by atoms with E-state index in [9.17, 15) is 5.11 Å². The van der Waals surface area contributed by atoms with Gasteiger partial charge in [0.25, 0.3) is 0 Å². The van der Waals surface area contributed by atoms with Crippen LogP contribution in [0.4, 0.5) is 0 Å². The molecule has 0 radical (unpaired) electrons. The third-order valence-corrected chi connectivity index (χ3v) is 5.24. The van der Waals surface area contributed by atoms with Crippen LogP contribution in [0.2, 0.25) is 0 Å². The molecule has 1 aromatic carbocycles. The van der Waals surface area contributed by atoms with Gasteiger partial charge in [-0.15, -0.1) is 0 Å². The Labute approximate surface area is 125 Å². The third kappa shape index (κ3) is 4.05. The SMILES string of the molecule is OC(CCCC1CCCO1)c1ccc(Br)c(Br)c1. The second-order valence-corrected chi connectivity index (χ2v) is 6.46. The molecule has 0 aliphatic carbocycles. The second-order valence-electron chi connectivity index (χ2n) is 4.76. The third-order valence-electron chi connectivity index (χ3n) is 3.36. The van der Waals surface area contributed by atoms with E-state index in [1.165, 1.54) is 12.8 Å². The summed E-state index contributed by atoms with van der Waals surface area (Å²) in [6.07, 6.45) is 5.29. The van der Waals surface area contributed by atoms with Crippen molar-refractivity contribution in [3.63, 3.8) is 0 Å². The number of ether oxygens (including phenoxy) is 1. The first-order valence-corrected chi connectivity index (χ1v) is 8.00. The van der Waals surface area contributed by atoms with Crippen LogP contribution >= 0.6 is 31.9 Å². The molecule has 1 aromatic rings. The lowest BCUT2D eigenvalue weighted by Gasteiger charge is -2.13. The Morgan fingerprint density at radius 1 is 1.33 bits per heavy atom. The van der Waals surface area contributed by atoms with Gasteiger partial charge < -0.3 is 9.84 Å². The van der Waals surface area contributed by atoms with E-state index in [0.717, 1.165) is 40.4 Å². The molecule has 18 heavy (non-hydrogen) atoms. The van der Waals surface area contributed by atoms with Crippen LogP contribution in [0.15, 0.2) is 27.1 Å². The van der Waals surface area contributed by atoms with Crippen molar-refractivity contribution in [2.75, 3.05) is 6.61 Å². The lowest BCUT2D eigenvalue weighted by atomic mass is 10.0. The van der Waals surface area contributed by atoms with Gasteiger partial charge in [0.1, 0.15) is 0 Å². The van der Waals surface area contributed by atoms with E-state index in [4.69, 9.17) is 4.74 Å². The van der Waals surface area contributed by atoms with Crippen molar-refractivity contribution in [1.82, 2.24) is 0 Å². The fourth-order valence-electron chi connectivity index (χ4n) is 2.30. The maximum absolute atomic E-state index is 10.1. The summed E-state index contributed by atoms with van der Waals surface area (Å²) in [5.74, 6) is 0. The lowest BCUT2D eigenvalue weighted by Crippen LogP contribution is -2.06. The van der Waals surface area contributed by atoms with E-state index in [2.05, 4.69) is 31.9 Å². The smallest absolute Gasteiger partial charge is 0.0790 e. The van der Waals surface area contributed by atoms with Gasteiger partial charge in [-0.3, -0.25) is 0 Å². The lowest BCUT2D eigenvalue weighted by molar-refractivity contribution is 0.0944. The second kappa shape index (κ2) is 7.04. The highest BCUT2D eigenvalue weighted by atomic mass is 79.9. The average Bonchev–Trinajstić information content (AvgIpc) is 2.85. The van der Waals surface area contributed by atoms with E-state index in [1.807, 2.05) is 18.2 Å². The highest BCUT2D eigenvalue weighted by Gasteiger charge is 2.16. The quantitative estimate of drug-likeness (QED) is 0.812. The number of aliphatic hydroxyl groups is 1. The van der Waals surface area contributed by atoms with Crippen LogP contribution in [0.5, 0.6) is 0 Å². The summed E-state index contributed by atoms with van der Waals surface area (Å²) in [6.45, 7) is 0.910. The molecule has 1 heterocycles. The van der Waals surface area contributed by atoms with E-state index in [-0.39, 0.29) is 6.10 Å². The van der Waals surface area contributed by atoms with Gasteiger partial charge in [-0.2, -0.15) is 0 Å². The van der Waals surface area contributed by atoms with Crippen molar-refractivity contribution in [3.05, 3.63) is 32.7 Å². The van der Waals surface area contributed by atoms with Crippen molar-refractivity contribution in [2.24, 2.45) is 0 Å². The van der Waals surface area contributed by atoms with Crippen molar-refractivity contribution < 1.29 is 9.84 Å². The molecule has 0 saturated carbocycles. The Morgan fingerprint density at radius 2 is 2.17 bits per heavy atom. The summed E-state index contributed by atoms with van der Waals surface area (Å²) in [5.41, 5.74) is 0.970. The van der Waals surface area contributed by atoms with Gasteiger partial charge in [-0.1, -0.05) is 6.07 Å². The zero-order valence-electron chi connectivity index (χ0n) is 10.2. The minimum Gasteiger partial charge on any atom is -0.388 e. The summed E-state index contributed by atoms with van der Waals surface area (Å²) in [5, 5.41) is 10.1. The van der Waals surface area contributed by atoms with Crippen molar-refractivity contribution in [1.29, 1.82) is 0 Å². The molecular formula is C14H18Br2O2. The van der Waals surface area contributed by atoms with Gasteiger partial charge >= 0.3 is 0 Å². The molecule has 2 nitrogen and oxygen atoms in total. The minimum absolute atomic E-state index is 0.379. The van der Waals surface area contributed by atoms with Crippen molar-refractivity contribution >= 4 is 31.9 Å². The minimum atomic E-state index is -0.379. The Kier molecular flexibility index (Phi) is 5.67. The standard InChI is InChI=1S/C14H18Br2O2/c15-12-7-6-10(9-13(12)16)14(17)5-1-3-11-4-2-8-18-11/h6-7,9,11,14,17H,1-5,8H2. The number of halogens is 2. The zero-order chi connectivity index (χ0) is 13.0. The van der Waals surface area contributed by atoms with E-state index < -0.39 is 0 Å². The summed E-state index contributed by atoms with van der Waals surface area (Å²) in [7, 11) is 0. The van der Waals surface area contributed by atoms with E-state index >= 15 is 0 Å².